The monoisotopic (exact) mass is 262 g/mol. The van der Waals surface area contributed by atoms with Crippen LogP contribution in [-0.2, 0) is 11.2 Å². The summed E-state index contributed by atoms with van der Waals surface area (Å²) in [5.41, 5.74) is 1.03. The van der Waals surface area contributed by atoms with Crippen molar-refractivity contribution in [3.05, 3.63) is 30.1 Å². The van der Waals surface area contributed by atoms with E-state index < -0.39 is 0 Å². The fourth-order valence-electron chi connectivity index (χ4n) is 2.40. The lowest BCUT2D eigenvalue weighted by Crippen LogP contribution is -2.45. The highest BCUT2D eigenvalue weighted by atomic mass is 16.3. The number of pyridine rings is 1. The fourth-order valence-corrected chi connectivity index (χ4v) is 2.40. The maximum Gasteiger partial charge on any atom is 0.222 e. The van der Waals surface area contributed by atoms with Gasteiger partial charge in [0, 0.05) is 31.4 Å². The predicted octanol–water partition coefficient (Wildman–Crippen LogP) is 1.63. The Kier molecular flexibility index (Phi) is 4.91. The highest BCUT2D eigenvalue weighted by Gasteiger charge is 2.26. The van der Waals surface area contributed by atoms with Crippen LogP contribution in [0.2, 0.25) is 0 Å². The topological polar surface area (TPSA) is 53.4 Å². The van der Waals surface area contributed by atoms with Crippen molar-refractivity contribution in [2.24, 2.45) is 5.92 Å². The molecule has 19 heavy (non-hydrogen) atoms. The van der Waals surface area contributed by atoms with Crippen molar-refractivity contribution in [1.82, 2.24) is 9.88 Å². The second-order valence-corrected chi connectivity index (χ2v) is 5.35. The highest BCUT2D eigenvalue weighted by Crippen LogP contribution is 2.18. The molecular formula is C15H22N2O2. The van der Waals surface area contributed by atoms with Gasteiger partial charge in [0.15, 0.2) is 0 Å². The summed E-state index contributed by atoms with van der Waals surface area (Å²) in [6.07, 6.45) is 4.50. The van der Waals surface area contributed by atoms with Crippen molar-refractivity contribution >= 4 is 5.91 Å². The van der Waals surface area contributed by atoms with Crippen LogP contribution in [0.25, 0.3) is 0 Å². The molecule has 4 heteroatoms. The second kappa shape index (κ2) is 6.66. The molecule has 0 aromatic carbocycles. The van der Waals surface area contributed by atoms with Gasteiger partial charge in [-0.1, -0.05) is 13.0 Å². The van der Waals surface area contributed by atoms with Crippen molar-refractivity contribution in [2.75, 3.05) is 13.1 Å². The average molecular weight is 262 g/mol. The zero-order valence-electron chi connectivity index (χ0n) is 11.5. The number of aromatic nitrogens is 1. The van der Waals surface area contributed by atoms with E-state index in [1.165, 1.54) is 0 Å². The molecule has 0 spiro atoms. The number of amides is 1. The van der Waals surface area contributed by atoms with Crippen LogP contribution in [0.5, 0.6) is 0 Å². The molecule has 0 radical (unpaired) electrons. The number of aryl methyl sites for hydroxylation is 1. The molecule has 1 fully saturated rings. The third-order valence-electron chi connectivity index (χ3n) is 3.82. The van der Waals surface area contributed by atoms with E-state index in [1.54, 1.807) is 11.1 Å². The molecule has 0 aliphatic carbocycles. The number of likely N-dealkylation sites (tertiary alicyclic amines) is 1. The van der Waals surface area contributed by atoms with Crippen LogP contribution in [0.1, 0.15) is 31.9 Å². The van der Waals surface area contributed by atoms with Gasteiger partial charge in [-0.3, -0.25) is 9.78 Å². The molecule has 1 aromatic rings. The number of hydrogen-bond acceptors (Lipinski definition) is 3. The predicted molar refractivity (Wildman–Crippen MR) is 73.5 cm³/mol. The van der Waals surface area contributed by atoms with Gasteiger partial charge in [-0.25, -0.2) is 0 Å². The Morgan fingerprint density at radius 2 is 2.37 bits per heavy atom. The minimum atomic E-state index is -0.367. The van der Waals surface area contributed by atoms with Crippen molar-refractivity contribution in [2.45, 2.75) is 38.7 Å². The maximum atomic E-state index is 12.0. The Balaban J connectivity index is 1.73. The second-order valence-electron chi connectivity index (χ2n) is 5.35. The largest absolute Gasteiger partial charge is 0.391 e. The molecule has 1 aliphatic heterocycles. The molecule has 0 bridgehead atoms. The first-order valence-electron chi connectivity index (χ1n) is 7.02. The van der Waals surface area contributed by atoms with Gasteiger partial charge in [-0.15, -0.1) is 0 Å². The third-order valence-corrected chi connectivity index (χ3v) is 3.82. The zero-order valence-corrected chi connectivity index (χ0v) is 11.5. The third kappa shape index (κ3) is 4.03. The first kappa shape index (κ1) is 14.0. The van der Waals surface area contributed by atoms with Gasteiger partial charge < -0.3 is 10.0 Å². The molecule has 2 rings (SSSR count). The van der Waals surface area contributed by atoms with Gasteiger partial charge in [0.25, 0.3) is 0 Å². The summed E-state index contributed by atoms with van der Waals surface area (Å²) in [6.45, 7) is 3.30. The number of carbonyl (C=O) groups excluding carboxylic acids is 1. The molecule has 2 unspecified atom stereocenters. The zero-order chi connectivity index (χ0) is 13.7. The van der Waals surface area contributed by atoms with E-state index in [1.807, 2.05) is 25.1 Å². The minimum absolute atomic E-state index is 0.155. The molecule has 104 valence electrons. The van der Waals surface area contributed by atoms with Crippen LogP contribution in [0.4, 0.5) is 0 Å². The summed E-state index contributed by atoms with van der Waals surface area (Å²) >= 11 is 0. The summed E-state index contributed by atoms with van der Waals surface area (Å²) < 4.78 is 0. The first-order chi connectivity index (χ1) is 9.16. The Hall–Kier alpha value is -1.42. The number of carbonyl (C=O) groups is 1. The van der Waals surface area contributed by atoms with Crippen LogP contribution in [-0.4, -0.2) is 40.1 Å². The molecule has 1 aliphatic rings. The van der Waals surface area contributed by atoms with E-state index in [0.29, 0.717) is 18.9 Å². The van der Waals surface area contributed by atoms with Crippen molar-refractivity contribution in [3.63, 3.8) is 0 Å². The number of aliphatic hydroxyl groups is 1. The summed E-state index contributed by atoms with van der Waals surface area (Å²) in [6, 6.07) is 5.84. The summed E-state index contributed by atoms with van der Waals surface area (Å²) in [5.74, 6) is 0.458. The number of β-amino-alcohol motifs (C(OH)–C–C–N with tert-alkyl or cyclic N) is 1. The number of piperidine rings is 1. The lowest BCUT2D eigenvalue weighted by molar-refractivity contribution is -0.135. The van der Waals surface area contributed by atoms with E-state index in [4.69, 9.17) is 0 Å². The van der Waals surface area contributed by atoms with Crippen LogP contribution in [0.3, 0.4) is 0 Å². The Morgan fingerprint density at radius 3 is 3.05 bits per heavy atom. The molecule has 0 saturated carbocycles. The molecule has 1 amide bonds. The molecular weight excluding hydrogens is 240 g/mol. The smallest absolute Gasteiger partial charge is 0.222 e. The highest BCUT2D eigenvalue weighted by molar-refractivity contribution is 5.76. The standard InChI is InChI=1S/C15H22N2O2/c1-12-8-10-17(11-14(12)18)15(19)7-4-6-13-5-2-3-9-16-13/h2-3,5,9,12,14,18H,4,6-8,10-11H2,1H3. The lowest BCUT2D eigenvalue weighted by atomic mass is 9.96. The number of nitrogens with zero attached hydrogens (tertiary/aromatic N) is 2. The van der Waals surface area contributed by atoms with E-state index in [9.17, 15) is 9.90 Å². The minimum Gasteiger partial charge on any atom is -0.391 e. The number of aliphatic hydroxyl groups excluding tert-OH is 1. The normalized spacial score (nSPS) is 23.4. The Morgan fingerprint density at radius 1 is 1.53 bits per heavy atom. The van der Waals surface area contributed by atoms with E-state index in [0.717, 1.165) is 31.5 Å². The van der Waals surface area contributed by atoms with E-state index in [2.05, 4.69) is 4.98 Å². The van der Waals surface area contributed by atoms with Crippen LogP contribution < -0.4 is 0 Å². The van der Waals surface area contributed by atoms with E-state index >= 15 is 0 Å². The van der Waals surface area contributed by atoms with Crippen LogP contribution in [0, 0.1) is 5.92 Å². The molecule has 2 atom stereocenters. The summed E-state index contributed by atoms with van der Waals surface area (Å²) in [5, 5.41) is 9.80. The van der Waals surface area contributed by atoms with Crippen molar-refractivity contribution in [3.8, 4) is 0 Å². The van der Waals surface area contributed by atoms with Crippen molar-refractivity contribution in [1.29, 1.82) is 0 Å². The van der Waals surface area contributed by atoms with Gasteiger partial charge in [0.2, 0.25) is 5.91 Å². The average Bonchev–Trinajstić information content (AvgIpc) is 2.43. The van der Waals surface area contributed by atoms with Gasteiger partial charge in [0.05, 0.1) is 6.10 Å². The number of rotatable bonds is 4. The van der Waals surface area contributed by atoms with Gasteiger partial charge in [-0.05, 0) is 37.3 Å². The summed E-state index contributed by atoms with van der Waals surface area (Å²) in [4.78, 5) is 18.1. The van der Waals surface area contributed by atoms with Gasteiger partial charge in [0.1, 0.15) is 0 Å². The number of hydrogen-bond donors (Lipinski definition) is 1. The quantitative estimate of drug-likeness (QED) is 0.897. The Labute approximate surface area is 114 Å². The first-order valence-corrected chi connectivity index (χ1v) is 7.02. The molecule has 1 aromatic heterocycles. The molecule has 1 saturated heterocycles. The maximum absolute atomic E-state index is 12.0. The molecule has 4 nitrogen and oxygen atoms in total. The Bertz CT molecular complexity index is 408. The van der Waals surface area contributed by atoms with Crippen LogP contribution >= 0.6 is 0 Å². The molecule has 1 N–H and O–H groups in total. The lowest BCUT2D eigenvalue weighted by Gasteiger charge is -2.34. The van der Waals surface area contributed by atoms with Gasteiger partial charge >= 0.3 is 0 Å². The SMILES string of the molecule is CC1CCN(C(=O)CCCc2ccccn2)CC1O. The van der Waals surface area contributed by atoms with Gasteiger partial charge in [-0.2, -0.15) is 0 Å². The van der Waals surface area contributed by atoms with Crippen molar-refractivity contribution < 1.29 is 9.90 Å². The summed E-state index contributed by atoms with van der Waals surface area (Å²) in [7, 11) is 0. The fraction of sp³-hybridized carbons (Fsp3) is 0.600. The van der Waals surface area contributed by atoms with E-state index in [-0.39, 0.29) is 12.0 Å². The molecule has 2 heterocycles. The van der Waals surface area contributed by atoms with Crippen LogP contribution in [0.15, 0.2) is 24.4 Å².